The SMILES string of the molecule is CC(C)(O)Cn1cc(I)c2cc(-c3ccc(C(=O)N4[C@@H]5CC[C@H]4[C@@H](NC(=O)OC(C)(C)C)C5)cc3-c3ccc(C#N)c(F)c3)c(F)cc21. The van der Waals surface area contributed by atoms with Gasteiger partial charge in [0, 0.05) is 32.3 Å². The summed E-state index contributed by atoms with van der Waals surface area (Å²) in [4.78, 5) is 28.5. The predicted molar refractivity (Wildman–Crippen MR) is 187 cm³/mol. The molecule has 2 aliphatic rings. The van der Waals surface area contributed by atoms with Crippen LogP contribution in [0.25, 0.3) is 33.2 Å². The average molecular weight is 767 g/mol. The molecule has 2 N–H and O–H groups in total. The molecule has 3 heterocycles. The molecule has 0 saturated carbocycles. The lowest BCUT2D eigenvalue weighted by molar-refractivity contribution is 0.0484. The van der Waals surface area contributed by atoms with Crippen molar-refractivity contribution in [3.63, 3.8) is 0 Å². The number of nitrogens with one attached hydrogen (secondary N) is 1. The lowest BCUT2D eigenvalue weighted by Gasteiger charge is -2.27. The molecule has 250 valence electrons. The Morgan fingerprint density at radius 3 is 2.44 bits per heavy atom. The molecule has 48 heavy (non-hydrogen) atoms. The second-order valence-corrected chi connectivity index (χ2v) is 15.5. The number of carbonyl (C=O) groups is 2. The van der Waals surface area contributed by atoms with Crippen molar-refractivity contribution in [1.82, 2.24) is 14.8 Å². The molecule has 8 nitrogen and oxygen atoms in total. The molecule has 4 aromatic rings. The maximum absolute atomic E-state index is 16.1. The summed E-state index contributed by atoms with van der Waals surface area (Å²) in [6.07, 6.45) is 3.50. The number of alkyl carbamates (subject to hydrolysis) is 1. The molecule has 3 atom stereocenters. The van der Waals surface area contributed by atoms with Crippen LogP contribution in [0.5, 0.6) is 0 Å². The van der Waals surface area contributed by atoms with Gasteiger partial charge in [0.1, 0.15) is 23.3 Å². The fourth-order valence-corrected chi connectivity index (χ4v) is 7.78. The lowest BCUT2D eigenvalue weighted by Crippen LogP contribution is -2.46. The zero-order valence-corrected chi connectivity index (χ0v) is 29.6. The maximum atomic E-state index is 16.1. The Bertz CT molecular complexity index is 1990. The molecule has 2 saturated heterocycles. The van der Waals surface area contributed by atoms with Crippen molar-refractivity contribution in [2.24, 2.45) is 0 Å². The number of hydrogen-bond acceptors (Lipinski definition) is 5. The number of benzene rings is 3. The van der Waals surface area contributed by atoms with E-state index in [1.807, 2.05) is 21.7 Å². The Kier molecular flexibility index (Phi) is 8.79. The van der Waals surface area contributed by atoms with Crippen LogP contribution in [0.4, 0.5) is 13.6 Å². The Hall–Kier alpha value is -4.02. The summed E-state index contributed by atoms with van der Waals surface area (Å²) in [5.74, 6) is -1.47. The van der Waals surface area contributed by atoms with Crippen LogP contribution in [0, 0.1) is 26.5 Å². The van der Waals surface area contributed by atoms with Gasteiger partial charge in [-0.3, -0.25) is 4.79 Å². The van der Waals surface area contributed by atoms with Crippen molar-refractivity contribution in [2.45, 2.75) is 89.8 Å². The van der Waals surface area contributed by atoms with E-state index in [2.05, 4.69) is 27.9 Å². The van der Waals surface area contributed by atoms with E-state index in [0.717, 1.165) is 21.8 Å². The first-order chi connectivity index (χ1) is 22.5. The Labute approximate surface area is 291 Å². The number of nitriles is 1. The number of nitrogens with zero attached hydrogens (tertiary/aromatic N) is 3. The Morgan fingerprint density at radius 2 is 1.77 bits per heavy atom. The minimum atomic E-state index is -1.01. The fraction of sp³-hybridized carbons (Fsp3) is 0.378. The van der Waals surface area contributed by atoms with Crippen molar-refractivity contribution in [2.75, 3.05) is 0 Å². The first-order valence-corrected chi connectivity index (χ1v) is 17.0. The van der Waals surface area contributed by atoms with Crippen molar-refractivity contribution >= 4 is 45.5 Å². The van der Waals surface area contributed by atoms with E-state index in [4.69, 9.17) is 4.74 Å². The van der Waals surface area contributed by atoms with Gasteiger partial charge in [-0.2, -0.15) is 5.26 Å². The quantitative estimate of drug-likeness (QED) is 0.195. The van der Waals surface area contributed by atoms with Gasteiger partial charge in [-0.05, 0) is 130 Å². The fourth-order valence-electron chi connectivity index (χ4n) is 7.01. The summed E-state index contributed by atoms with van der Waals surface area (Å²) in [6.45, 7) is 9.03. The van der Waals surface area contributed by atoms with Gasteiger partial charge in [0.25, 0.3) is 5.91 Å². The minimum Gasteiger partial charge on any atom is -0.444 e. The van der Waals surface area contributed by atoms with Crippen LogP contribution in [0.1, 0.15) is 69.8 Å². The highest BCUT2D eigenvalue weighted by atomic mass is 127. The van der Waals surface area contributed by atoms with Crippen LogP contribution in [0.3, 0.4) is 0 Å². The molecule has 2 fully saturated rings. The lowest BCUT2D eigenvalue weighted by atomic mass is 9.91. The highest BCUT2D eigenvalue weighted by Crippen LogP contribution is 2.42. The van der Waals surface area contributed by atoms with Gasteiger partial charge < -0.3 is 24.6 Å². The van der Waals surface area contributed by atoms with E-state index >= 15 is 4.39 Å². The first-order valence-electron chi connectivity index (χ1n) is 15.9. The van der Waals surface area contributed by atoms with E-state index in [1.54, 1.807) is 65.0 Å². The van der Waals surface area contributed by atoms with Crippen molar-refractivity contribution < 1.29 is 28.2 Å². The molecule has 0 unspecified atom stereocenters. The normalized spacial score (nSPS) is 19.1. The molecule has 2 bridgehead atoms. The third-order valence-corrected chi connectivity index (χ3v) is 9.77. The number of aromatic nitrogens is 1. The zero-order valence-electron chi connectivity index (χ0n) is 27.4. The number of aliphatic hydroxyl groups is 1. The summed E-state index contributed by atoms with van der Waals surface area (Å²) in [7, 11) is 0. The number of ether oxygens (including phenoxy) is 1. The van der Waals surface area contributed by atoms with Gasteiger partial charge in [-0.15, -0.1) is 0 Å². The second kappa shape index (κ2) is 12.5. The Morgan fingerprint density at radius 1 is 1.02 bits per heavy atom. The highest BCUT2D eigenvalue weighted by molar-refractivity contribution is 14.1. The van der Waals surface area contributed by atoms with Crippen LogP contribution in [0.2, 0.25) is 0 Å². The van der Waals surface area contributed by atoms with E-state index in [9.17, 15) is 24.3 Å². The van der Waals surface area contributed by atoms with Crippen molar-refractivity contribution in [1.29, 1.82) is 5.26 Å². The minimum absolute atomic E-state index is 0.0622. The van der Waals surface area contributed by atoms with Gasteiger partial charge in [-0.1, -0.05) is 12.1 Å². The molecule has 6 rings (SSSR count). The third kappa shape index (κ3) is 6.65. The molecule has 0 aliphatic carbocycles. The molecular weight excluding hydrogens is 729 g/mol. The van der Waals surface area contributed by atoms with Gasteiger partial charge in [-0.25, -0.2) is 13.6 Å². The van der Waals surface area contributed by atoms with E-state index < -0.39 is 28.9 Å². The summed E-state index contributed by atoms with van der Waals surface area (Å²) in [5.41, 5.74) is 0.726. The van der Waals surface area contributed by atoms with Crippen LogP contribution >= 0.6 is 22.6 Å². The number of carbonyl (C=O) groups excluding carboxylic acids is 2. The van der Waals surface area contributed by atoms with Crippen LogP contribution in [0.15, 0.2) is 54.7 Å². The average Bonchev–Trinajstić information content (AvgIpc) is 3.64. The summed E-state index contributed by atoms with van der Waals surface area (Å²) < 4.78 is 39.2. The van der Waals surface area contributed by atoms with E-state index in [1.165, 1.54) is 18.2 Å². The van der Waals surface area contributed by atoms with Crippen LogP contribution < -0.4 is 5.32 Å². The maximum Gasteiger partial charge on any atom is 0.407 e. The predicted octanol–water partition coefficient (Wildman–Crippen LogP) is 7.77. The number of amides is 2. The molecule has 11 heteroatoms. The summed E-state index contributed by atoms with van der Waals surface area (Å²) >= 11 is 2.18. The number of hydrogen-bond donors (Lipinski definition) is 2. The molecule has 2 amide bonds. The standard InChI is InChI=1S/C37H37F2IN4O4/c1-36(2,3)48-35(46)42-31-14-23-9-11-32(31)44(23)34(45)21-8-10-24(25(12-21)20-6-7-22(17-41)28(38)13-20)26-15-27-30(40)18-43(19-37(4,5)47)33(27)16-29(26)39/h6-8,10,12-13,15-16,18,23,31-32,47H,9,11,14,19H2,1-5H3,(H,42,46)/t23-,31+,32+/m1/s1. The molecule has 1 aromatic heterocycles. The van der Waals surface area contributed by atoms with E-state index in [0.29, 0.717) is 34.2 Å². The molecule has 2 aliphatic heterocycles. The smallest absolute Gasteiger partial charge is 0.407 e. The largest absolute Gasteiger partial charge is 0.444 e. The molecule has 0 spiro atoms. The first kappa shape index (κ1) is 33.9. The molecular formula is C37H37F2IN4O4. The van der Waals surface area contributed by atoms with Crippen LogP contribution in [-0.2, 0) is 11.3 Å². The monoisotopic (exact) mass is 766 g/mol. The van der Waals surface area contributed by atoms with Crippen LogP contribution in [-0.4, -0.2) is 55.9 Å². The number of halogens is 3. The van der Waals surface area contributed by atoms with Crippen molar-refractivity contribution in [3.8, 4) is 28.3 Å². The number of rotatable bonds is 6. The molecule has 0 radical (unpaired) electrons. The highest BCUT2D eigenvalue weighted by Gasteiger charge is 2.49. The van der Waals surface area contributed by atoms with Gasteiger partial charge in [0.15, 0.2) is 0 Å². The van der Waals surface area contributed by atoms with Gasteiger partial charge in [0.05, 0.1) is 35.3 Å². The zero-order chi connectivity index (χ0) is 34.7. The topological polar surface area (TPSA) is 108 Å². The third-order valence-electron chi connectivity index (χ3n) is 8.91. The Balaban J connectivity index is 1.40. The second-order valence-electron chi connectivity index (χ2n) is 14.3. The van der Waals surface area contributed by atoms with Crippen molar-refractivity contribution in [3.05, 3.63) is 81.1 Å². The summed E-state index contributed by atoms with van der Waals surface area (Å²) in [6, 6.07) is 13.7. The van der Waals surface area contributed by atoms with E-state index in [-0.39, 0.29) is 41.7 Å². The van der Waals surface area contributed by atoms with Gasteiger partial charge in [0.2, 0.25) is 0 Å². The molecule has 3 aromatic carbocycles. The van der Waals surface area contributed by atoms with Gasteiger partial charge >= 0.3 is 6.09 Å². The summed E-state index contributed by atoms with van der Waals surface area (Å²) in [5, 5.41) is 23.5. The number of fused-ring (bicyclic) bond motifs is 3.